The summed E-state index contributed by atoms with van der Waals surface area (Å²) < 4.78 is 30.2. The first kappa shape index (κ1) is 11.1. The van der Waals surface area contributed by atoms with Crippen LogP contribution >= 0.6 is 0 Å². The van der Waals surface area contributed by atoms with Crippen LogP contribution in [-0.2, 0) is 16.0 Å². The molecule has 0 spiro atoms. The normalized spacial score (nSPS) is 9.47. The van der Waals surface area contributed by atoms with E-state index < -0.39 is 17.6 Å². The topological polar surface area (TPSA) is 50.1 Å². The summed E-state index contributed by atoms with van der Waals surface area (Å²) in [6.07, 6.45) is -0.383. The van der Waals surface area contributed by atoms with Gasteiger partial charge < -0.3 is 4.74 Å². The van der Waals surface area contributed by atoms with Crippen molar-refractivity contribution < 1.29 is 18.3 Å². The van der Waals surface area contributed by atoms with Gasteiger partial charge in [-0.2, -0.15) is 5.26 Å². The second kappa shape index (κ2) is 4.51. The number of halogens is 2. The largest absolute Gasteiger partial charge is 0.469 e. The summed E-state index contributed by atoms with van der Waals surface area (Å²) in [5, 5.41) is 8.62. The molecule has 0 radical (unpaired) electrons. The second-order valence-electron chi connectivity index (χ2n) is 2.78. The molecule has 0 heterocycles. The van der Waals surface area contributed by atoms with E-state index in [2.05, 4.69) is 4.74 Å². The molecule has 0 atom stereocenters. The highest BCUT2D eigenvalue weighted by Crippen LogP contribution is 2.16. The maximum absolute atomic E-state index is 13.2. The molecule has 1 aromatic carbocycles. The molecule has 0 N–H and O–H groups in total. The minimum absolute atomic E-state index is 0.147. The van der Waals surface area contributed by atoms with E-state index in [-0.39, 0.29) is 17.5 Å². The zero-order chi connectivity index (χ0) is 11.4. The summed E-state index contributed by atoms with van der Waals surface area (Å²) in [6.45, 7) is 0. The Bertz CT molecular complexity index is 438. The van der Waals surface area contributed by atoms with E-state index in [1.54, 1.807) is 6.07 Å². The lowest BCUT2D eigenvalue weighted by atomic mass is 10.0. The van der Waals surface area contributed by atoms with Gasteiger partial charge >= 0.3 is 5.97 Å². The lowest BCUT2D eigenvalue weighted by molar-refractivity contribution is -0.139. The summed E-state index contributed by atoms with van der Waals surface area (Å²) in [4.78, 5) is 10.9. The Kier molecular flexibility index (Phi) is 3.34. The first-order valence-corrected chi connectivity index (χ1v) is 4.03. The van der Waals surface area contributed by atoms with Gasteiger partial charge in [0.15, 0.2) is 0 Å². The number of carbonyl (C=O) groups excluding carboxylic acids is 1. The first-order valence-electron chi connectivity index (χ1n) is 4.03. The van der Waals surface area contributed by atoms with Crippen molar-refractivity contribution >= 4 is 5.97 Å². The molecular weight excluding hydrogens is 204 g/mol. The van der Waals surface area contributed by atoms with Gasteiger partial charge in [0.2, 0.25) is 0 Å². The maximum Gasteiger partial charge on any atom is 0.310 e. The van der Waals surface area contributed by atoms with Crippen LogP contribution in [0.1, 0.15) is 11.1 Å². The van der Waals surface area contributed by atoms with Crippen LogP contribution in [-0.4, -0.2) is 13.1 Å². The highest BCUT2D eigenvalue weighted by Gasteiger charge is 2.14. The van der Waals surface area contributed by atoms with Crippen LogP contribution in [0.15, 0.2) is 12.1 Å². The fourth-order valence-electron chi connectivity index (χ4n) is 1.10. The minimum atomic E-state index is -0.919. The number of carbonyl (C=O) groups is 1. The number of esters is 1. The molecule has 5 heteroatoms. The quantitative estimate of drug-likeness (QED) is 0.697. The molecule has 78 valence electrons. The van der Waals surface area contributed by atoms with Gasteiger partial charge in [0.25, 0.3) is 0 Å². The Morgan fingerprint density at radius 1 is 1.53 bits per heavy atom. The van der Waals surface area contributed by atoms with E-state index in [0.717, 1.165) is 13.2 Å². The fraction of sp³-hybridized carbons (Fsp3) is 0.200. The lowest BCUT2D eigenvalue weighted by Crippen LogP contribution is -2.08. The van der Waals surface area contributed by atoms with Crippen LogP contribution < -0.4 is 0 Å². The van der Waals surface area contributed by atoms with Crippen LogP contribution in [0.3, 0.4) is 0 Å². The van der Waals surface area contributed by atoms with E-state index in [9.17, 15) is 13.6 Å². The standard InChI is InChI=1S/C10H7F2NO2/c1-15-10(14)4-8-6(5-13)2-7(11)3-9(8)12/h2-3H,4H2,1H3. The van der Waals surface area contributed by atoms with Gasteiger partial charge in [0.1, 0.15) is 11.6 Å². The van der Waals surface area contributed by atoms with Crippen molar-refractivity contribution in [1.29, 1.82) is 5.26 Å². The zero-order valence-electron chi connectivity index (χ0n) is 7.88. The highest BCUT2D eigenvalue weighted by atomic mass is 19.1. The monoisotopic (exact) mass is 211 g/mol. The number of hydrogen-bond acceptors (Lipinski definition) is 3. The number of nitrogens with zero attached hydrogens (tertiary/aromatic N) is 1. The van der Waals surface area contributed by atoms with Crippen molar-refractivity contribution in [1.82, 2.24) is 0 Å². The summed E-state index contributed by atoms with van der Waals surface area (Å²) in [5.41, 5.74) is -0.344. The minimum Gasteiger partial charge on any atom is -0.469 e. The van der Waals surface area contributed by atoms with E-state index in [4.69, 9.17) is 5.26 Å². The molecule has 0 aliphatic heterocycles. The van der Waals surface area contributed by atoms with Crippen molar-refractivity contribution in [2.75, 3.05) is 7.11 Å². The molecule has 1 rings (SSSR count). The molecule has 0 amide bonds. The third kappa shape index (κ3) is 2.50. The predicted octanol–water partition coefficient (Wildman–Crippen LogP) is 1.55. The Labute approximate surface area is 84.9 Å². The molecule has 0 aliphatic carbocycles. The summed E-state index contributed by atoms with van der Waals surface area (Å²) in [6, 6.07) is 3.12. The van der Waals surface area contributed by atoms with Gasteiger partial charge in [-0.15, -0.1) is 0 Å². The molecule has 15 heavy (non-hydrogen) atoms. The van der Waals surface area contributed by atoms with Crippen LogP contribution in [0.25, 0.3) is 0 Å². The Morgan fingerprint density at radius 2 is 2.20 bits per heavy atom. The third-order valence-electron chi connectivity index (χ3n) is 1.83. The summed E-state index contributed by atoms with van der Waals surface area (Å²) in [7, 11) is 1.15. The molecule has 0 fully saturated rings. The van der Waals surface area contributed by atoms with Crippen LogP contribution in [0.4, 0.5) is 8.78 Å². The molecule has 0 bridgehead atoms. The summed E-state index contributed by atoms with van der Waals surface area (Å²) >= 11 is 0. The van der Waals surface area contributed by atoms with Crippen LogP contribution in [0.5, 0.6) is 0 Å². The average molecular weight is 211 g/mol. The molecular formula is C10H7F2NO2. The number of methoxy groups -OCH3 is 1. The number of hydrogen-bond donors (Lipinski definition) is 0. The molecule has 1 aromatic rings. The molecule has 0 aliphatic rings. The Hall–Kier alpha value is -1.96. The van der Waals surface area contributed by atoms with Crippen LogP contribution in [0, 0.1) is 23.0 Å². The molecule has 0 saturated heterocycles. The smallest absolute Gasteiger partial charge is 0.310 e. The second-order valence-corrected chi connectivity index (χ2v) is 2.78. The number of rotatable bonds is 2. The maximum atomic E-state index is 13.2. The van der Waals surface area contributed by atoms with Gasteiger partial charge in [-0.3, -0.25) is 4.79 Å². The molecule has 0 saturated carbocycles. The number of nitriles is 1. The van der Waals surface area contributed by atoms with Gasteiger partial charge in [-0.05, 0) is 6.07 Å². The molecule has 0 aromatic heterocycles. The summed E-state index contributed by atoms with van der Waals surface area (Å²) in [5.74, 6) is -2.45. The van der Waals surface area contributed by atoms with E-state index in [0.29, 0.717) is 6.07 Å². The van der Waals surface area contributed by atoms with E-state index >= 15 is 0 Å². The van der Waals surface area contributed by atoms with Crippen molar-refractivity contribution in [2.24, 2.45) is 0 Å². The van der Waals surface area contributed by atoms with Gasteiger partial charge in [-0.25, -0.2) is 8.78 Å². The first-order chi connectivity index (χ1) is 7.08. The van der Waals surface area contributed by atoms with Crippen LogP contribution in [0.2, 0.25) is 0 Å². The third-order valence-corrected chi connectivity index (χ3v) is 1.83. The predicted molar refractivity (Wildman–Crippen MR) is 46.8 cm³/mol. The van der Waals surface area contributed by atoms with Gasteiger partial charge in [0, 0.05) is 11.6 Å². The fourth-order valence-corrected chi connectivity index (χ4v) is 1.10. The van der Waals surface area contributed by atoms with Crippen molar-refractivity contribution in [3.05, 3.63) is 34.9 Å². The van der Waals surface area contributed by atoms with Gasteiger partial charge in [0.05, 0.1) is 25.2 Å². The van der Waals surface area contributed by atoms with E-state index in [1.165, 1.54) is 0 Å². The number of benzene rings is 1. The average Bonchev–Trinajstić information content (AvgIpc) is 2.21. The lowest BCUT2D eigenvalue weighted by Gasteiger charge is -2.04. The van der Waals surface area contributed by atoms with Crippen molar-refractivity contribution in [2.45, 2.75) is 6.42 Å². The molecule has 0 unspecified atom stereocenters. The van der Waals surface area contributed by atoms with E-state index in [1.807, 2.05) is 0 Å². The molecule has 3 nitrogen and oxygen atoms in total. The number of ether oxygens (including phenoxy) is 1. The van der Waals surface area contributed by atoms with Crippen molar-refractivity contribution in [3.8, 4) is 6.07 Å². The SMILES string of the molecule is COC(=O)Cc1c(F)cc(F)cc1C#N. The highest BCUT2D eigenvalue weighted by molar-refractivity contribution is 5.73. The zero-order valence-corrected chi connectivity index (χ0v) is 7.88. The Morgan fingerprint density at radius 3 is 2.73 bits per heavy atom. The van der Waals surface area contributed by atoms with Crippen molar-refractivity contribution in [3.63, 3.8) is 0 Å². The van der Waals surface area contributed by atoms with Gasteiger partial charge in [-0.1, -0.05) is 0 Å². The Balaban J connectivity index is 3.17.